The van der Waals surface area contributed by atoms with Crippen LogP contribution in [0.3, 0.4) is 0 Å². The summed E-state index contributed by atoms with van der Waals surface area (Å²) in [6.45, 7) is 5.30. The molecule has 0 heterocycles. The molecule has 0 unspecified atom stereocenters. The van der Waals surface area contributed by atoms with Crippen molar-refractivity contribution in [2.24, 2.45) is 0 Å². The molecule has 9 heteroatoms. The predicted octanol–water partition coefficient (Wildman–Crippen LogP) is 2.81. The topological polar surface area (TPSA) is 93.5 Å². The fourth-order valence-corrected chi connectivity index (χ4v) is 1.49. The van der Waals surface area contributed by atoms with Crippen molar-refractivity contribution in [3.8, 4) is 0 Å². The van der Waals surface area contributed by atoms with E-state index < -0.39 is 33.9 Å². The Hall–Kier alpha value is -2.45. The van der Waals surface area contributed by atoms with E-state index in [-0.39, 0.29) is 18.8 Å². The Bertz CT molecular complexity index is 573. The lowest BCUT2D eigenvalue weighted by Crippen LogP contribution is -2.35. The number of carbonyl (C=O) groups excluding carboxylic acids is 1. The number of halogens is 2. The van der Waals surface area contributed by atoms with Crippen LogP contribution in [-0.2, 0) is 4.74 Å². The van der Waals surface area contributed by atoms with E-state index in [0.29, 0.717) is 6.07 Å². The number of nitrogens with one attached hydrogen (secondary N) is 2. The molecular formula is C13H17F2N3O4. The number of carbonyl (C=O) groups is 1. The fourth-order valence-electron chi connectivity index (χ4n) is 1.49. The third-order valence-electron chi connectivity index (χ3n) is 2.34. The summed E-state index contributed by atoms with van der Waals surface area (Å²) in [5, 5.41) is 15.5. The number of nitro groups is 1. The monoisotopic (exact) mass is 317 g/mol. The van der Waals surface area contributed by atoms with Gasteiger partial charge in [0.15, 0.2) is 0 Å². The summed E-state index contributed by atoms with van der Waals surface area (Å²) < 4.78 is 31.6. The van der Waals surface area contributed by atoms with Crippen LogP contribution in [0.15, 0.2) is 12.1 Å². The van der Waals surface area contributed by atoms with Crippen molar-refractivity contribution in [1.29, 1.82) is 0 Å². The normalized spacial score (nSPS) is 11.0. The average Bonchev–Trinajstić information content (AvgIpc) is 2.33. The minimum absolute atomic E-state index is 0.0823. The Morgan fingerprint density at radius 2 is 1.91 bits per heavy atom. The number of rotatable bonds is 5. The van der Waals surface area contributed by atoms with Gasteiger partial charge < -0.3 is 15.4 Å². The summed E-state index contributed by atoms with van der Waals surface area (Å²) in [7, 11) is 0. The zero-order valence-electron chi connectivity index (χ0n) is 12.4. The van der Waals surface area contributed by atoms with Gasteiger partial charge in [0.1, 0.15) is 11.4 Å². The van der Waals surface area contributed by atoms with Gasteiger partial charge in [0.2, 0.25) is 5.82 Å². The molecule has 0 aromatic heterocycles. The number of anilines is 1. The molecule has 0 radical (unpaired) electrons. The third kappa shape index (κ3) is 5.51. The molecule has 0 saturated carbocycles. The van der Waals surface area contributed by atoms with Crippen LogP contribution >= 0.6 is 0 Å². The fraction of sp³-hybridized carbons (Fsp3) is 0.462. The molecule has 0 bridgehead atoms. The van der Waals surface area contributed by atoms with Crippen LogP contribution in [0.25, 0.3) is 0 Å². The van der Waals surface area contributed by atoms with Gasteiger partial charge in [0.05, 0.1) is 10.6 Å². The molecule has 0 aliphatic rings. The maximum absolute atomic E-state index is 13.5. The quantitative estimate of drug-likeness (QED) is 0.495. The van der Waals surface area contributed by atoms with Gasteiger partial charge in [0, 0.05) is 25.2 Å². The molecule has 0 fully saturated rings. The minimum Gasteiger partial charge on any atom is -0.444 e. The Balaban J connectivity index is 2.54. The summed E-state index contributed by atoms with van der Waals surface area (Å²) >= 11 is 0. The highest BCUT2D eigenvalue weighted by molar-refractivity contribution is 5.67. The lowest BCUT2D eigenvalue weighted by Gasteiger charge is -2.19. The van der Waals surface area contributed by atoms with E-state index in [9.17, 15) is 23.7 Å². The zero-order valence-corrected chi connectivity index (χ0v) is 12.4. The van der Waals surface area contributed by atoms with E-state index >= 15 is 0 Å². The van der Waals surface area contributed by atoms with Gasteiger partial charge >= 0.3 is 11.8 Å². The second-order valence-electron chi connectivity index (χ2n) is 5.40. The first kappa shape index (κ1) is 17.6. The molecule has 0 atom stereocenters. The van der Waals surface area contributed by atoms with Crippen molar-refractivity contribution in [1.82, 2.24) is 5.32 Å². The first-order valence-electron chi connectivity index (χ1n) is 6.44. The number of nitrogens with zero attached hydrogens (tertiary/aromatic N) is 1. The molecule has 1 rings (SSSR count). The van der Waals surface area contributed by atoms with Gasteiger partial charge in [-0.15, -0.1) is 0 Å². The van der Waals surface area contributed by atoms with Crippen LogP contribution in [0.4, 0.5) is 25.0 Å². The standard InChI is InChI=1S/C13H17F2N3O4/c1-13(2,3)22-12(19)17-5-4-16-10-7-11(18(20)21)9(15)6-8(10)14/h6-7,16H,4-5H2,1-3H3,(H,17,19). The van der Waals surface area contributed by atoms with Crippen molar-refractivity contribution in [3.63, 3.8) is 0 Å². The van der Waals surface area contributed by atoms with E-state index in [4.69, 9.17) is 4.74 Å². The number of benzene rings is 1. The second kappa shape index (κ2) is 7.01. The number of ether oxygens (including phenoxy) is 1. The third-order valence-corrected chi connectivity index (χ3v) is 2.34. The molecule has 0 spiro atoms. The number of hydrogen-bond acceptors (Lipinski definition) is 5. The van der Waals surface area contributed by atoms with E-state index in [1.165, 1.54) is 0 Å². The molecule has 7 nitrogen and oxygen atoms in total. The van der Waals surface area contributed by atoms with E-state index in [1.54, 1.807) is 20.8 Å². The van der Waals surface area contributed by atoms with Crippen LogP contribution in [0.5, 0.6) is 0 Å². The Labute approximate surface area is 125 Å². The summed E-state index contributed by atoms with van der Waals surface area (Å²) in [6, 6.07) is 1.19. The largest absolute Gasteiger partial charge is 0.444 e. The first-order chi connectivity index (χ1) is 10.1. The van der Waals surface area contributed by atoms with Crippen molar-refractivity contribution in [3.05, 3.63) is 33.9 Å². The van der Waals surface area contributed by atoms with Crippen LogP contribution in [0.2, 0.25) is 0 Å². The van der Waals surface area contributed by atoms with Crippen LogP contribution in [0.1, 0.15) is 20.8 Å². The number of alkyl carbamates (subject to hydrolysis) is 1. The summed E-state index contributed by atoms with van der Waals surface area (Å²) in [5.41, 5.74) is -1.69. The van der Waals surface area contributed by atoms with Gasteiger partial charge in [-0.1, -0.05) is 0 Å². The molecular weight excluding hydrogens is 300 g/mol. The molecule has 122 valence electrons. The number of nitro benzene ring substituents is 1. The SMILES string of the molecule is CC(C)(C)OC(=O)NCCNc1cc([N+](=O)[O-])c(F)cc1F. The first-order valence-corrected chi connectivity index (χ1v) is 6.44. The van der Waals surface area contributed by atoms with Crippen LogP contribution in [0, 0.1) is 21.7 Å². The maximum Gasteiger partial charge on any atom is 0.407 e. The molecule has 22 heavy (non-hydrogen) atoms. The highest BCUT2D eigenvalue weighted by Gasteiger charge is 2.18. The Morgan fingerprint density at radius 3 is 2.45 bits per heavy atom. The second-order valence-corrected chi connectivity index (χ2v) is 5.40. The van der Waals surface area contributed by atoms with E-state index in [1.807, 2.05) is 0 Å². The molecule has 0 aliphatic carbocycles. The van der Waals surface area contributed by atoms with Gasteiger partial charge in [-0.05, 0) is 20.8 Å². The highest BCUT2D eigenvalue weighted by Crippen LogP contribution is 2.24. The lowest BCUT2D eigenvalue weighted by atomic mass is 10.2. The average molecular weight is 317 g/mol. The number of amides is 1. The number of hydrogen-bond donors (Lipinski definition) is 2. The summed E-state index contributed by atoms with van der Waals surface area (Å²) in [5.74, 6) is -2.21. The Kier molecular flexibility index (Phi) is 5.61. The summed E-state index contributed by atoms with van der Waals surface area (Å²) in [6.07, 6.45) is -0.639. The van der Waals surface area contributed by atoms with Gasteiger partial charge in [-0.25, -0.2) is 9.18 Å². The molecule has 1 amide bonds. The molecule has 1 aromatic carbocycles. The summed E-state index contributed by atoms with van der Waals surface area (Å²) in [4.78, 5) is 21.0. The van der Waals surface area contributed by atoms with Crippen molar-refractivity contribution >= 4 is 17.5 Å². The van der Waals surface area contributed by atoms with E-state index in [0.717, 1.165) is 6.07 Å². The van der Waals surface area contributed by atoms with Crippen molar-refractivity contribution < 1.29 is 23.2 Å². The predicted molar refractivity (Wildman–Crippen MR) is 75.7 cm³/mol. The van der Waals surface area contributed by atoms with Crippen LogP contribution in [-0.4, -0.2) is 29.7 Å². The van der Waals surface area contributed by atoms with E-state index in [2.05, 4.69) is 10.6 Å². The molecule has 2 N–H and O–H groups in total. The van der Waals surface area contributed by atoms with Gasteiger partial charge in [-0.2, -0.15) is 4.39 Å². The highest BCUT2D eigenvalue weighted by atomic mass is 19.1. The van der Waals surface area contributed by atoms with Gasteiger partial charge in [0.25, 0.3) is 0 Å². The molecule has 1 aromatic rings. The zero-order chi connectivity index (χ0) is 16.9. The smallest absolute Gasteiger partial charge is 0.407 e. The van der Waals surface area contributed by atoms with Crippen molar-refractivity contribution in [2.45, 2.75) is 26.4 Å². The minimum atomic E-state index is -1.25. The molecule has 0 aliphatic heterocycles. The van der Waals surface area contributed by atoms with Crippen molar-refractivity contribution in [2.75, 3.05) is 18.4 Å². The Morgan fingerprint density at radius 1 is 1.27 bits per heavy atom. The molecule has 0 saturated heterocycles. The maximum atomic E-state index is 13.5. The van der Waals surface area contributed by atoms with Gasteiger partial charge in [-0.3, -0.25) is 10.1 Å². The lowest BCUT2D eigenvalue weighted by molar-refractivity contribution is -0.387. The van der Waals surface area contributed by atoms with Crippen LogP contribution < -0.4 is 10.6 Å².